The van der Waals surface area contributed by atoms with Crippen LogP contribution in [0.5, 0.6) is 0 Å². The van der Waals surface area contributed by atoms with E-state index in [0.29, 0.717) is 42.0 Å². The quantitative estimate of drug-likeness (QED) is 0.121. The Morgan fingerprint density at radius 2 is 1.52 bits per heavy atom. The number of fused-ring (bicyclic) bond motifs is 1. The first-order valence-electron chi connectivity index (χ1n) is 19.5. The molecule has 54 heavy (non-hydrogen) atoms. The van der Waals surface area contributed by atoms with Crippen LogP contribution in [0.4, 0.5) is 0 Å². The van der Waals surface area contributed by atoms with E-state index in [4.69, 9.17) is 32.4 Å². The van der Waals surface area contributed by atoms with Crippen LogP contribution in [0.3, 0.4) is 0 Å². The van der Waals surface area contributed by atoms with Gasteiger partial charge in [-0.05, 0) is 91.9 Å². The molecule has 3 aromatic rings. The molecule has 1 amide bonds. The van der Waals surface area contributed by atoms with Crippen LogP contribution in [0.1, 0.15) is 92.6 Å². The normalized spacial score (nSPS) is 20.4. The molecule has 2 saturated heterocycles. The van der Waals surface area contributed by atoms with E-state index >= 15 is 0 Å². The van der Waals surface area contributed by atoms with E-state index in [0.717, 1.165) is 24.9 Å². The van der Waals surface area contributed by atoms with Gasteiger partial charge in [0.1, 0.15) is 5.60 Å². The summed E-state index contributed by atoms with van der Waals surface area (Å²) in [4.78, 5) is 45.9. The molecule has 5 rings (SSSR count). The zero-order chi connectivity index (χ0) is 39.3. The molecule has 0 aromatic heterocycles. The molecule has 0 spiro atoms. The minimum absolute atomic E-state index is 0.0215. The lowest BCUT2D eigenvalue weighted by Crippen LogP contribution is -2.66. The lowest BCUT2D eigenvalue weighted by atomic mass is 9.97. The number of ketones is 1. The van der Waals surface area contributed by atoms with Gasteiger partial charge in [-0.3, -0.25) is 19.3 Å². The predicted molar refractivity (Wildman–Crippen MR) is 221 cm³/mol. The summed E-state index contributed by atoms with van der Waals surface area (Å²) in [7, 11) is -2.74. The second-order valence-corrected chi connectivity index (χ2v) is 22.3. The van der Waals surface area contributed by atoms with Crippen molar-refractivity contribution in [2.24, 2.45) is 5.92 Å². The van der Waals surface area contributed by atoms with Gasteiger partial charge in [-0.2, -0.15) is 0 Å². The van der Waals surface area contributed by atoms with Gasteiger partial charge in [-0.25, -0.2) is 0 Å². The van der Waals surface area contributed by atoms with E-state index in [1.54, 1.807) is 17.0 Å². The standard InChI is InChI=1S/C44H58Cl2N2O5Si/c1-31-28-39-42(51)47(38(21-23-41(50)53-43(2,3)4)40(49)22-19-32-18-20-36(45)37(46)29-32)26-24-33(48(39)30-31)25-27-52-54(44(5,6)7,34-14-10-8-11-15-34)35-16-12-9-13-17-35/h8-18,20,29,31,33,38-39H,19,21-28,30H2,1-7H3/t31-,33?,38-,39+/m1/s1. The number of esters is 1. The molecule has 292 valence electrons. The molecule has 1 unspecified atom stereocenters. The van der Waals surface area contributed by atoms with Gasteiger partial charge < -0.3 is 14.1 Å². The summed E-state index contributed by atoms with van der Waals surface area (Å²) >= 11 is 12.4. The third-order valence-corrected chi connectivity index (χ3v) is 16.7. The van der Waals surface area contributed by atoms with Crippen molar-refractivity contribution in [3.8, 4) is 0 Å². The Morgan fingerprint density at radius 3 is 2.09 bits per heavy atom. The molecule has 2 aliphatic rings. The number of aryl methyl sites for hydroxylation is 1. The minimum Gasteiger partial charge on any atom is -0.460 e. The highest BCUT2D eigenvalue weighted by Gasteiger charge is 2.51. The third kappa shape index (κ3) is 10.0. The molecule has 0 N–H and O–H groups in total. The van der Waals surface area contributed by atoms with Crippen molar-refractivity contribution in [3.05, 3.63) is 94.5 Å². The lowest BCUT2D eigenvalue weighted by Gasteiger charge is -2.43. The zero-order valence-electron chi connectivity index (χ0n) is 33.1. The smallest absolute Gasteiger partial charge is 0.306 e. The summed E-state index contributed by atoms with van der Waals surface area (Å²) in [6.45, 7) is 16.4. The van der Waals surface area contributed by atoms with E-state index in [9.17, 15) is 14.4 Å². The van der Waals surface area contributed by atoms with Crippen LogP contribution in [0, 0.1) is 5.92 Å². The topological polar surface area (TPSA) is 76.1 Å². The molecule has 3 aromatic carbocycles. The monoisotopic (exact) mass is 792 g/mol. The Kier molecular flexibility index (Phi) is 13.9. The van der Waals surface area contributed by atoms with Crippen molar-refractivity contribution < 1.29 is 23.5 Å². The number of hydrogen-bond donors (Lipinski definition) is 0. The van der Waals surface area contributed by atoms with Crippen LogP contribution in [0.15, 0.2) is 78.9 Å². The summed E-state index contributed by atoms with van der Waals surface area (Å²) in [6, 6.07) is 25.8. The van der Waals surface area contributed by atoms with Crippen molar-refractivity contribution in [2.75, 3.05) is 19.7 Å². The number of Topliss-reactive ketones (excluding diaryl/α,β-unsaturated/α-hetero) is 1. The number of nitrogens with zero attached hydrogens (tertiary/aromatic N) is 2. The third-order valence-electron chi connectivity index (χ3n) is 10.9. The van der Waals surface area contributed by atoms with Gasteiger partial charge in [-0.15, -0.1) is 0 Å². The maximum absolute atomic E-state index is 14.6. The lowest BCUT2D eigenvalue weighted by molar-refractivity contribution is -0.156. The molecule has 7 nitrogen and oxygen atoms in total. The first-order chi connectivity index (χ1) is 25.5. The van der Waals surface area contributed by atoms with Gasteiger partial charge in [0.05, 0.1) is 22.1 Å². The van der Waals surface area contributed by atoms with Crippen molar-refractivity contribution in [1.82, 2.24) is 9.80 Å². The number of ether oxygens (including phenoxy) is 1. The number of carbonyl (C=O) groups is 3. The van der Waals surface area contributed by atoms with E-state index < -0.39 is 20.0 Å². The average Bonchev–Trinajstić information content (AvgIpc) is 3.46. The molecule has 2 heterocycles. The fourth-order valence-corrected chi connectivity index (χ4v) is 13.4. The van der Waals surface area contributed by atoms with Crippen molar-refractivity contribution in [2.45, 2.75) is 122 Å². The largest absolute Gasteiger partial charge is 0.460 e. The summed E-state index contributed by atoms with van der Waals surface area (Å²) in [5, 5.41) is 3.23. The molecule has 0 bridgehead atoms. The zero-order valence-corrected chi connectivity index (χ0v) is 35.6. The van der Waals surface area contributed by atoms with Crippen molar-refractivity contribution in [1.29, 1.82) is 0 Å². The van der Waals surface area contributed by atoms with Crippen LogP contribution < -0.4 is 10.4 Å². The molecule has 10 heteroatoms. The summed E-state index contributed by atoms with van der Waals surface area (Å²) in [6.07, 6.45) is 3.13. The second-order valence-electron chi connectivity index (χ2n) is 17.2. The van der Waals surface area contributed by atoms with Crippen LogP contribution in [-0.2, 0) is 30.0 Å². The molecule has 0 saturated carbocycles. The van der Waals surface area contributed by atoms with Gasteiger partial charge >= 0.3 is 5.97 Å². The highest BCUT2D eigenvalue weighted by Crippen LogP contribution is 2.38. The Morgan fingerprint density at radius 1 is 0.889 bits per heavy atom. The molecule has 2 fully saturated rings. The van der Waals surface area contributed by atoms with Crippen molar-refractivity contribution >= 4 is 59.6 Å². The highest BCUT2D eigenvalue weighted by atomic mass is 35.5. The fourth-order valence-electron chi connectivity index (χ4n) is 8.48. The Bertz CT molecular complexity index is 1700. The van der Waals surface area contributed by atoms with E-state index in [1.807, 2.05) is 26.8 Å². The van der Waals surface area contributed by atoms with Gasteiger partial charge in [0.15, 0.2) is 5.78 Å². The molecular weight excluding hydrogens is 735 g/mol. The second kappa shape index (κ2) is 17.8. The van der Waals surface area contributed by atoms with E-state index in [2.05, 4.69) is 93.3 Å². The molecule has 4 atom stereocenters. The summed E-state index contributed by atoms with van der Waals surface area (Å²) in [5.41, 5.74) is 0.246. The van der Waals surface area contributed by atoms with Gasteiger partial charge in [-0.1, -0.05) is 118 Å². The van der Waals surface area contributed by atoms with Gasteiger partial charge in [0.2, 0.25) is 5.91 Å². The van der Waals surface area contributed by atoms with Gasteiger partial charge in [0.25, 0.3) is 8.32 Å². The number of amides is 1. The predicted octanol–water partition coefficient (Wildman–Crippen LogP) is 8.26. The van der Waals surface area contributed by atoms with Gasteiger partial charge in [0, 0.05) is 38.6 Å². The SMILES string of the molecule is C[C@@H]1C[C@H]2C(=O)N([C@H](CCC(=O)OC(C)(C)C)C(=O)CCc3ccc(Cl)c(Cl)c3)CCC(CCO[Si](c3ccccc3)(c3ccccc3)C(C)(C)C)N2C1. The molecule has 0 radical (unpaired) electrons. The van der Waals surface area contributed by atoms with E-state index in [-0.39, 0.29) is 54.0 Å². The number of carbonyl (C=O) groups excluding carboxylic acids is 3. The maximum atomic E-state index is 14.6. The van der Waals surface area contributed by atoms with Crippen LogP contribution in [0.25, 0.3) is 0 Å². The Hall–Kier alpha value is -3.01. The van der Waals surface area contributed by atoms with Crippen LogP contribution in [0.2, 0.25) is 15.1 Å². The molecule has 0 aliphatic carbocycles. The number of benzene rings is 3. The summed E-state index contributed by atoms with van der Waals surface area (Å²) in [5.74, 6) is -0.123. The Balaban J connectivity index is 1.39. The number of hydrogen-bond acceptors (Lipinski definition) is 6. The highest BCUT2D eigenvalue weighted by molar-refractivity contribution is 6.99. The molecular formula is C44H58Cl2N2O5Si. The van der Waals surface area contributed by atoms with Crippen LogP contribution in [-0.4, -0.2) is 79.2 Å². The van der Waals surface area contributed by atoms with Crippen molar-refractivity contribution in [3.63, 3.8) is 0 Å². The minimum atomic E-state index is -2.74. The summed E-state index contributed by atoms with van der Waals surface area (Å²) < 4.78 is 12.9. The molecule has 2 aliphatic heterocycles. The van der Waals surface area contributed by atoms with Crippen LogP contribution >= 0.6 is 23.2 Å². The Labute approximate surface area is 333 Å². The number of halogens is 2. The van der Waals surface area contributed by atoms with E-state index in [1.165, 1.54) is 10.4 Å². The first-order valence-corrected chi connectivity index (χ1v) is 22.2. The number of rotatable bonds is 14. The first kappa shape index (κ1) is 42.1. The maximum Gasteiger partial charge on any atom is 0.306 e. The fraction of sp³-hybridized carbons (Fsp3) is 0.523. The average molecular weight is 794 g/mol.